The Balaban J connectivity index is 2.90. The van der Waals surface area contributed by atoms with Crippen molar-refractivity contribution in [3.63, 3.8) is 0 Å². The van der Waals surface area contributed by atoms with Gasteiger partial charge in [0.15, 0.2) is 4.77 Å². The second kappa shape index (κ2) is 4.34. The molecule has 0 bridgehead atoms. The van der Waals surface area contributed by atoms with Crippen LogP contribution in [-0.2, 0) is 11.3 Å². The molecule has 0 saturated heterocycles. The van der Waals surface area contributed by atoms with Gasteiger partial charge in [-0.15, -0.1) is 0 Å². The number of aromatic nitrogens is 2. The number of nitrogens with one attached hydrogen (secondary N) is 1. The summed E-state index contributed by atoms with van der Waals surface area (Å²) >= 11 is 4.96. The maximum atomic E-state index is 10.8. The highest BCUT2D eigenvalue weighted by Gasteiger charge is 2.00. The molecule has 13 heavy (non-hydrogen) atoms. The zero-order chi connectivity index (χ0) is 9.84. The van der Waals surface area contributed by atoms with Gasteiger partial charge in [-0.1, -0.05) is 0 Å². The Labute approximate surface area is 81.2 Å². The van der Waals surface area contributed by atoms with Gasteiger partial charge >= 0.3 is 0 Å². The first-order valence-corrected chi connectivity index (χ1v) is 4.37. The summed E-state index contributed by atoms with van der Waals surface area (Å²) in [5.41, 5.74) is -0.175. The molecule has 0 fully saturated rings. The van der Waals surface area contributed by atoms with Crippen LogP contribution in [0.1, 0.15) is 6.92 Å². The third kappa shape index (κ3) is 2.78. The van der Waals surface area contributed by atoms with Crippen LogP contribution in [0.4, 0.5) is 0 Å². The lowest BCUT2D eigenvalue weighted by atomic mass is 10.4. The van der Waals surface area contributed by atoms with Crippen LogP contribution in [-0.4, -0.2) is 22.8 Å². The number of rotatable bonds is 3. The lowest BCUT2D eigenvalue weighted by Crippen LogP contribution is -2.18. The molecule has 72 valence electrons. The van der Waals surface area contributed by atoms with Crippen LogP contribution in [0.25, 0.3) is 0 Å². The number of hydrogen-bond donors (Lipinski definition) is 1. The fourth-order valence-electron chi connectivity index (χ4n) is 0.940. The van der Waals surface area contributed by atoms with Crippen molar-refractivity contribution in [2.24, 2.45) is 0 Å². The molecule has 1 atom stereocenters. The van der Waals surface area contributed by atoms with Crippen molar-refractivity contribution in [1.29, 1.82) is 0 Å². The molecule has 1 aromatic heterocycles. The van der Waals surface area contributed by atoms with Crippen LogP contribution in [0.5, 0.6) is 0 Å². The van der Waals surface area contributed by atoms with Gasteiger partial charge in [-0.25, -0.2) is 0 Å². The Hall–Kier alpha value is -0.940. The number of methoxy groups -OCH3 is 1. The van der Waals surface area contributed by atoms with Crippen molar-refractivity contribution in [2.45, 2.75) is 19.6 Å². The minimum Gasteiger partial charge on any atom is -0.380 e. The molecule has 0 aliphatic heterocycles. The van der Waals surface area contributed by atoms with Gasteiger partial charge in [0.2, 0.25) is 0 Å². The van der Waals surface area contributed by atoms with Crippen LogP contribution < -0.4 is 5.56 Å². The van der Waals surface area contributed by atoms with Crippen LogP contribution in [0, 0.1) is 4.77 Å². The minimum atomic E-state index is -0.175. The molecular formula is C8H12N2O2S. The summed E-state index contributed by atoms with van der Waals surface area (Å²) in [6.45, 7) is 2.58. The van der Waals surface area contributed by atoms with Crippen molar-refractivity contribution >= 4 is 12.2 Å². The maximum Gasteiger partial charge on any atom is 0.251 e. The van der Waals surface area contributed by atoms with E-state index in [1.165, 1.54) is 6.07 Å². The van der Waals surface area contributed by atoms with E-state index in [2.05, 4.69) is 4.98 Å². The monoisotopic (exact) mass is 200 g/mol. The molecule has 0 aliphatic carbocycles. The van der Waals surface area contributed by atoms with Gasteiger partial charge in [0.1, 0.15) is 0 Å². The van der Waals surface area contributed by atoms with Crippen molar-refractivity contribution in [3.8, 4) is 0 Å². The molecule has 1 aromatic rings. The van der Waals surface area contributed by atoms with E-state index in [9.17, 15) is 4.79 Å². The SMILES string of the molecule is COC(C)Cn1ccc(=O)[nH]c1=S. The maximum absolute atomic E-state index is 10.8. The molecule has 0 radical (unpaired) electrons. The van der Waals surface area contributed by atoms with Crippen LogP contribution in [0.15, 0.2) is 17.1 Å². The van der Waals surface area contributed by atoms with Crippen molar-refractivity contribution in [2.75, 3.05) is 7.11 Å². The summed E-state index contributed by atoms with van der Waals surface area (Å²) in [4.78, 5) is 13.4. The van der Waals surface area contributed by atoms with E-state index in [1.807, 2.05) is 6.92 Å². The average molecular weight is 200 g/mol. The average Bonchev–Trinajstić information content (AvgIpc) is 2.09. The van der Waals surface area contributed by atoms with Crippen LogP contribution in [0.3, 0.4) is 0 Å². The zero-order valence-corrected chi connectivity index (χ0v) is 8.43. The molecule has 1 heterocycles. The Morgan fingerprint density at radius 3 is 3.00 bits per heavy atom. The zero-order valence-electron chi connectivity index (χ0n) is 7.61. The number of hydrogen-bond acceptors (Lipinski definition) is 3. The Kier molecular flexibility index (Phi) is 3.39. The van der Waals surface area contributed by atoms with E-state index in [0.717, 1.165) is 0 Å². The number of ether oxygens (including phenoxy) is 1. The van der Waals surface area contributed by atoms with E-state index < -0.39 is 0 Å². The first-order valence-electron chi connectivity index (χ1n) is 3.96. The quantitative estimate of drug-likeness (QED) is 0.739. The third-order valence-corrected chi connectivity index (χ3v) is 2.09. The first-order chi connectivity index (χ1) is 6.13. The molecule has 1 unspecified atom stereocenters. The number of H-pyrrole nitrogens is 1. The number of nitrogens with zero attached hydrogens (tertiary/aromatic N) is 1. The smallest absolute Gasteiger partial charge is 0.251 e. The van der Waals surface area contributed by atoms with Gasteiger partial charge in [0, 0.05) is 19.4 Å². The molecule has 0 spiro atoms. The predicted molar refractivity (Wildman–Crippen MR) is 52.4 cm³/mol. The molecule has 1 N–H and O–H groups in total. The predicted octanol–water partition coefficient (Wildman–Crippen LogP) is 0.941. The van der Waals surface area contributed by atoms with E-state index in [-0.39, 0.29) is 11.7 Å². The van der Waals surface area contributed by atoms with Crippen molar-refractivity contribution in [3.05, 3.63) is 27.4 Å². The minimum absolute atomic E-state index is 0.0811. The molecule has 0 saturated carbocycles. The molecule has 4 nitrogen and oxygen atoms in total. The summed E-state index contributed by atoms with van der Waals surface area (Å²) in [5.74, 6) is 0. The summed E-state index contributed by atoms with van der Waals surface area (Å²) in [6, 6.07) is 1.44. The van der Waals surface area contributed by atoms with Crippen molar-refractivity contribution < 1.29 is 4.74 Å². The largest absolute Gasteiger partial charge is 0.380 e. The Bertz CT molecular complexity index is 382. The molecule has 0 aliphatic rings. The third-order valence-electron chi connectivity index (χ3n) is 1.75. The molecular weight excluding hydrogens is 188 g/mol. The van der Waals surface area contributed by atoms with E-state index in [1.54, 1.807) is 17.9 Å². The molecule has 0 aromatic carbocycles. The van der Waals surface area contributed by atoms with E-state index in [0.29, 0.717) is 11.3 Å². The summed E-state index contributed by atoms with van der Waals surface area (Å²) in [6.07, 6.45) is 1.74. The van der Waals surface area contributed by atoms with Crippen molar-refractivity contribution in [1.82, 2.24) is 9.55 Å². The van der Waals surface area contributed by atoms with Gasteiger partial charge in [0.25, 0.3) is 5.56 Å². The fourth-order valence-corrected chi connectivity index (χ4v) is 1.18. The second-order valence-electron chi connectivity index (χ2n) is 2.81. The second-order valence-corrected chi connectivity index (χ2v) is 3.20. The van der Waals surface area contributed by atoms with Gasteiger partial charge < -0.3 is 9.30 Å². The van der Waals surface area contributed by atoms with Crippen LogP contribution >= 0.6 is 12.2 Å². The Morgan fingerprint density at radius 1 is 1.77 bits per heavy atom. The van der Waals surface area contributed by atoms with E-state index >= 15 is 0 Å². The topological polar surface area (TPSA) is 47.0 Å². The lowest BCUT2D eigenvalue weighted by Gasteiger charge is -2.11. The normalized spacial score (nSPS) is 12.8. The van der Waals surface area contributed by atoms with Gasteiger partial charge in [-0.3, -0.25) is 9.78 Å². The summed E-state index contributed by atoms with van der Waals surface area (Å²) in [5, 5.41) is 0. The van der Waals surface area contributed by atoms with E-state index in [4.69, 9.17) is 17.0 Å². The highest BCUT2D eigenvalue weighted by Crippen LogP contribution is 1.94. The highest BCUT2D eigenvalue weighted by molar-refractivity contribution is 7.71. The highest BCUT2D eigenvalue weighted by atomic mass is 32.1. The molecule has 0 amide bonds. The summed E-state index contributed by atoms with van der Waals surface area (Å²) in [7, 11) is 1.64. The van der Waals surface area contributed by atoms with Gasteiger partial charge in [-0.2, -0.15) is 0 Å². The summed E-state index contributed by atoms with van der Waals surface area (Å²) < 4.78 is 7.28. The van der Waals surface area contributed by atoms with Gasteiger partial charge in [-0.05, 0) is 19.1 Å². The van der Waals surface area contributed by atoms with Gasteiger partial charge in [0.05, 0.1) is 12.6 Å². The fraction of sp³-hybridized carbons (Fsp3) is 0.500. The standard InChI is InChI=1S/C8H12N2O2S/c1-6(12-2)5-10-4-3-7(11)9-8(10)13/h3-4,6H,5H2,1-2H3,(H,9,11,13). The Morgan fingerprint density at radius 2 is 2.46 bits per heavy atom. The molecule has 5 heteroatoms. The number of aromatic amines is 1. The van der Waals surface area contributed by atoms with Crippen LogP contribution in [0.2, 0.25) is 0 Å². The molecule has 1 rings (SSSR count). The first kappa shape index (κ1) is 10.1. The lowest BCUT2D eigenvalue weighted by molar-refractivity contribution is 0.102.